The first-order valence-corrected chi connectivity index (χ1v) is 6.84. The quantitative estimate of drug-likeness (QED) is 0.845. The summed E-state index contributed by atoms with van der Waals surface area (Å²) in [6.07, 6.45) is 5.14. The van der Waals surface area contributed by atoms with Crippen LogP contribution in [0.25, 0.3) is 0 Å². The lowest BCUT2D eigenvalue weighted by Crippen LogP contribution is -2.56. The molecule has 0 aromatic heterocycles. The molecular weight excluding hydrogens is 208 g/mol. The average molecular weight is 230 g/mol. The van der Waals surface area contributed by atoms with Crippen molar-refractivity contribution in [1.29, 1.82) is 0 Å². The predicted molar refractivity (Wildman–Crippen MR) is 71.5 cm³/mol. The van der Waals surface area contributed by atoms with Crippen LogP contribution in [0.5, 0.6) is 0 Å². The Bertz CT molecular complexity index is 396. The first-order valence-electron chi connectivity index (χ1n) is 6.84. The molecule has 0 unspecified atom stereocenters. The largest absolute Gasteiger partial charge is 0.314 e. The molecule has 92 valence electrons. The van der Waals surface area contributed by atoms with Gasteiger partial charge in [-0.05, 0) is 49.4 Å². The van der Waals surface area contributed by atoms with Crippen molar-refractivity contribution >= 4 is 0 Å². The zero-order chi connectivity index (χ0) is 11.7. The smallest absolute Gasteiger partial charge is 0.0342 e. The molecule has 0 spiro atoms. The van der Waals surface area contributed by atoms with Crippen molar-refractivity contribution in [2.75, 3.05) is 26.7 Å². The number of hydrogen-bond acceptors (Lipinski definition) is 2. The third-order valence-electron chi connectivity index (χ3n) is 4.30. The summed E-state index contributed by atoms with van der Waals surface area (Å²) in [6, 6.07) is 7.89. The van der Waals surface area contributed by atoms with Crippen LogP contribution in [0.15, 0.2) is 18.2 Å². The van der Waals surface area contributed by atoms with Gasteiger partial charge in [-0.3, -0.25) is 0 Å². The molecule has 0 bridgehead atoms. The number of aryl methyl sites for hydroxylation is 2. The highest BCUT2D eigenvalue weighted by molar-refractivity contribution is 5.35. The van der Waals surface area contributed by atoms with Gasteiger partial charge in [0.15, 0.2) is 0 Å². The van der Waals surface area contributed by atoms with Crippen molar-refractivity contribution in [2.45, 2.75) is 31.7 Å². The van der Waals surface area contributed by atoms with Crippen LogP contribution < -0.4 is 5.32 Å². The highest BCUT2D eigenvalue weighted by Crippen LogP contribution is 2.23. The molecule has 1 aliphatic carbocycles. The minimum absolute atomic E-state index is 0.768. The van der Waals surface area contributed by atoms with Gasteiger partial charge in [-0.25, -0.2) is 0 Å². The van der Waals surface area contributed by atoms with Crippen LogP contribution in [0.4, 0.5) is 0 Å². The van der Waals surface area contributed by atoms with E-state index in [-0.39, 0.29) is 0 Å². The topological polar surface area (TPSA) is 15.3 Å². The van der Waals surface area contributed by atoms with Gasteiger partial charge in [-0.1, -0.05) is 18.2 Å². The van der Waals surface area contributed by atoms with E-state index in [1.807, 2.05) is 0 Å². The molecule has 0 saturated carbocycles. The van der Waals surface area contributed by atoms with Gasteiger partial charge in [-0.2, -0.15) is 0 Å². The van der Waals surface area contributed by atoms with Gasteiger partial charge in [0, 0.05) is 25.7 Å². The van der Waals surface area contributed by atoms with Crippen molar-refractivity contribution in [3.63, 3.8) is 0 Å². The number of fused-ring (bicyclic) bond motifs is 1. The standard InChI is InChI=1S/C15H22N2/c1-17(15-10-16-11-15)8-7-12-5-6-13-3-2-4-14(13)9-12/h5-6,9,15-16H,2-4,7-8,10-11H2,1H3. The fourth-order valence-corrected chi connectivity index (χ4v) is 2.85. The molecule has 1 aromatic rings. The van der Waals surface area contributed by atoms with Crippen LogP contribution in [0.1, 0.15) is 23.1 Å². The molecule has 3 rings (SSSR count). The van der Waals surface area contributed by atoms with E-state index in [1.54, 1.807) is 11.1 Å². The Kier molecular flexibility index (Phi) is 3.17. The Morgan fingerprint density at radius 1 is 1.24 bits per heavy atom. The molecule has 17 heavy (non-hydrogen) atoms. The summed E-state index contributed by atoms with van der Waals surface area (Å²) in [6.45, 7) is 3.52. The van der Waals surface area contributed by atoms with Gasteiger partial charge in [0.05, 0.1) is 0 Å². The monoisotopic (exact) mass is 230 g/mol. The van der Waals surface area contributed by atoms with E-state index in [0.717, 1.165) is 6.04 Å². The van der Waals surface area contributed by atoms with E-state index in [2.05, 4.69) is 35.5 Å². The third kappa shape index (κ3) is 2.38. The van der Waals surface area contributed by atoms with E-state index >= 15 is 0 Å². The number of benzene rings is 1. The summed E-state index contributed by atoms with van der Waals surface area (Å²) in [5, 5.41) is 3.33. The van der Waals surface area contributed by atoms with Crippen molar-refractivity contribution in [1.82, 2.24) is 10.2 Å². The van der Waals surface area contributed by atoms with Crippen LogP contribution in [0, 0.1) is 0 Å². The number of likely N-dealkylation sites (N-methyl/N-ethyl adjacent to an activating group) is 1. The van der Waals surface area contributed by atoms with E-state index < -0.39 is 0 Å². The summed E-state index contributed by atoms with van der Waals surface area (Å²) < 4.78 is 0. The minimum atomic E-state index is 0.768. The van der Waals surface area contributed by atoms with Crippen molar-refractivity contribution in [3.8, 4) is 0 Å². The number of nitrogens with one attached hydrogen (secondary N) is 1. The molecule has 1 heterocycles. The highest BCUT2D eigenvalue weighted by atomic mass is 15.2. The third-order valence-corrected chi connectivity index (χ3v) is 4.30. The van der Waals surface area contributed by atoms with E-state index in [1.165, 1.54) is 50.9 Å². The van der Waals surface area contributed by atoms with Crippen LogP contribution in [-0.4, -0.2) is 37.6 Å². The zero-order valence-electron chi connectivity index (χ0n) is 10.7. The number of rotatable bonds is 4. The predicted octanol–water partition coefficient (Wildman–Crippen LogP) is 1.62. The second-order valence-electron chi connectivity index (χ2n) is 5.50. The Morgan fingerprint density at radius 3 is 2.82 bits per heavy atom. The molecule has 1 N–H and O–H groups in total. The van der Waals surface area contributed by atoms with Crippen molar-refractivity contribution in [3.05, 3.63) is 34.9 Å². The van der Waals surface area contributed by atoms with E-state index in [9.17, 15) is 0 Å². The minimum Gasteiger partial charge on any atom is -0.314 e. The van der Waals surface area contributed by atoms with Crippen molar-refractivity contribution < 1.29 is 0 Å². The van der Waals surface area contributed by atoms with Crippen LogP contribution >= 0.6 is 0 Å². The Balaban J connectivity index is 1.57. The average Bonchev–Trinajstić information content (AvgIpc) is 2.71. The molecular formula is C15H22N2. The number of hydrogen-bond donors (Lipinski definition) is 1. The van der Waals surface area contributed by atoms with E-state index in [0.29, 0.717) is 0 Å². The highest BCUT2D eigenvalue weighted by Gasteiger charge is 2.20. The lowest BCUT2D eigenvalue weighted by molar-refractivity contribution is 0.182. The summed E-state index contributed by atoms with van der Waals surface area (Å²) in [5.74, 6) is 0. The summed E-state index contributed by atoms with van der Waals surface area (Å²) in [5.41, 5.74) is 4.71. The first kappa shape index (κ1) is 11.2. The summed E-state index contributed by atoms with van der Waals surface area (Å²) >= 11 is 0. The van der Waals surface area contributed by atoms with Gasteiger partial charge < -0.3 is 10.2 Å². The summed E-state index contributed by atoms with van der Waals surface area (Å²) in [7, 11) is 2.25. The molecule has 2 nitrogen and oxygen atoms in total. The van der Waals surface area contributed by atoms with Crippen LogP contribution in [0.3, 0.4) is 0 Å². The summed E-state index contributed by atoms with van der Waals surface area (Å²) in [4.78, 5) is 2.49. The molecule has 1 aromatic carbocycles. The maximum absolute atomic E-state index is 3.33. The lowest BCUT2D eigenvalue weighted by Gasteiger charge is -2.35. The number of nitrogens with zero attached hydrogens (tertiary/aromatic N) is 1. The second-order valence-corrected chi connectivity index (χ2v) is 5.50. The molecule has 0 amide bonds. The second kappa shape index (κ2) is 4.79. The molecule has 0 atom stereocenters. The van der Waals surface area contributed by atoms with Gasteiger partial charge in [0.2, 0.25) is 0 Å². The SMILES string of the molecule is CN(CCc1ccc2c(c1)CCC2)C1CNC1. The normalized spacial score (nSPS) is 19.4. The van der Waals surface area contributed by atoms with Gasteiger partial charge in [-0.15, -0.1) is 0 Å². The Morgan fingerprint density at radius 2 is 2.06 bits per heavy atom. The zero-order valence-corrected chi connectivity index (χ0v) is 10.7. The molecule has 0 radical (unpaired) electrons. The van der Waals surface area contributed by atoms with Gasteiger partial charge in [0.25, 0.3) is 0 Å². The molecule has 1 fully saturated rings. The molecule has 2 aliphatic rings. The first-order chi connectivity index (χ1) is 8.33. The van der Waals surface area contributed by atoms with Crippen molar-refractivity contribution in [2.24, 2.45) is 0 Å². The van der Waals surface area contributed by atoms with Crippen LogP contribution in [0.2, 0.25) is 0 Å². The maximum Gasteiger partial charge on any atom is 0.0342 e. The lowest BCUT2D eigenvalue weighted by atomic mass is 10.0. The fourth-order valence-electron chi connectivity index (χ4n) is 2.85. The Hall–Kier alpha value is -0.860. The fraction of sp³-hybridized carbons (Fsp3) is 0.600. The molecule has 1 aliphatic heterocycles. The Labute approximate surface area is 104 Å². The van der Waals surface area contributed by atoms with Gasteiger partial charge >= 0.3 is 0 Å². The molecule has 2 heteroatoms. The van der Waals surface area contributed by atoms with Gasteiger partial charge in [0.1, 0.15) is 0 Å². The van der Waals surface area contributed by atoms with E-state index in [4.69, 9.17) is 0 Å². The molecule has 1 saturated heterocycles. The van der Waals surface area contributed by atoms with Crippen LogP contribution in [-0.2, 0) is 19.3 Å². The maximum atomic E-state index is 3.33.